The molecule has 0 saturated carbocycles. The molecule has 2 fully saturated rings. The largest absolute Gasteiger partial charge is 0.387 e. The molecule has 0 radical (unpaired) electrons. The van der Waals surface area contributed by atoms with Gasteiger partial charge in [0.25, 0.3) is 0 Å². The van der Waals surface area contributed by atoms with Crippen LogP contribution in [-0.4, -0.2) is 72.4 Å². The number of hydrogen-bond donors (Lipinski definition) is 1. The zero-order valence-electron chi connectivity index (χ0n) is 13.7. The average Bonchev–Trinajstić information content (AvgIpc) is 2.97. The predicted octanol–water partition coefficient (Wildman–Crippen LogP) is 1.13. The van der Waals surface area contributed by atoms with Crippen molar-refractivity contribution in [2.75, 3.05) is 45.9 Å². The highest BCUT2D eigenvalue weighted by molar-refractivity contribution is 5.92. The van der Waals surface area contributed by atoms with Crippen molar-refractivity contribution < 1.29 is 19.0 Å². The van der Waals surface area contributed by atoms with Gasteiger partial charge in [-0.15, -0.1) is 0 Å². The van der Waals surface area contributed by atoms with Gasteiger partial charge in [0.2, 0.25) is 5.91 Å². The van der Waals surface area contributed by atoms with E-state index in [4.69, 9.17) is 4.74 Å². The average molecular weight is 334 g/mol. The van der Waals surface area contributed by atoms with E-state index in [0.29, 0.717) is 44.8 Å². The number of nitrogens with zero attached hydrogens (tertiary/aromatic N) is 2. The summed E-state index contributed by atoms with van der Waals surface area (Å²) in [5.74, 6) is -0.553. The van der Waals surface area contributed by atoms with Crippen molar-refractivity contribution in [3.05, 3.63) is 41.7 Å². The summed E-state index contributed by atoms with van der Waals surface area (Å²) in [6.07, 6.45) is 3.42. The first-order valence-corrected chi connectivity index (χ1v) is 8.30. The fourth-order valence-corrected chi connectivity index (χ4v) is 3.23. The van der Waals surface area contributed by atoms with Crippen LogP contribution in [0.25, 0.3) is 6.08 Å². The highest BCUT2D eigenvalue weighted by atomic mass is 19.1. The summed E-state index contributed by atoms with van der Waals surface area (Å²) in [7, 11) is 0. The summed E-state index contributed by atoms with van der Waals surface area (Å²) in [4.78, 5) is 16.1. The molecule has 24 heavy (non-hydrogen) atoms. The number of carbonyl (C=O) groups is 1. The number of carbonyl (C=O) groups excluding carboxylic acids is 1. The molecule has 1 N–H and O–H groups in total. The minimum absolute atomic E-state index is 0.198. The molecule has 5 nitrogen and oxygen atoms in total. The number of rotatable bonds is 4. The number of morpholine rings is 1. The molecule has 2 aliphatic heterocycles. The molecule has 0 aromatic heterocycles. The molecule has 0 spiro atoms. The van der Waals surface area contributed by atoms with Crippen LogP contribution in [0.4, 0.5) is 4.39 Å². The minimum Gasteiger partial charge on any atom is -0.387 e. The van der Waals surface area contributed by atoms with Crippen LogP contribution in [0.3, 0.4) is 0 Å². The Balaban J connectivity index is 1.56. The topological polar surface area (TPSA) is 53.0 Å². The molecule has 130 valence electrons. The lowest BCUT2D eigenvalue weighted by Crippen LogP contribution is -2.49. The van der Waals surface area contributed by atoms with Crippen LogP contribution in [0.15, 0.2) is 30.3 Å². The van der Waals surface area contributed by atoms with E-state index in [0.717, 1.165) is 13.1 Å². The second kappa shape index (κ2) is 7.42. The number of β-amino-alcohol motifs (C(OH)–C–C–N with tert-alkyl or cyclic N) is 1. The summed E-state index contributed by atoms with van der Waals surface area (Å²) < 4.78 is 18.9. The molecule has 2 aliphatic rings. The van der Waals surface area contributed by atoms with Gasteiger partial charge in [-0.2, -0.15) is 0 Å². The molecule has 0 aliphatic carbocycles. The number of hydrogen-bond acceptors (Lipinski definition) is 4. The third-order valence-electron chi connectivity index (χ3n) is 4.58. The molecular weight excluding hydrogens is 311 g/mol. The first-order valence-electron chi connectivity index (χ1n) is 8.30. The molecule has 1 amide bonds. The molecular formula is C18H23FN2O3. The lowest BCUT2D eigenvalue weighted by molar-refractivity contribution is -0.126. The van der Waals surface area contributed by atoms with Gasteiger partial charge < -0.3 is 14.7 Å². The summed E-state index contributed by atoms with van der Waals surface area (Å²) in [6.45, 7) is 4.37. The van der Waals surface area contributed by atoms with E-state index in [-0.39, 0.29) is 11.7 Å². The fraction of sp³-hybridized carbons (Fsp3) is 0.500. The molecule has 2 heterocycles. The Kier molecular flexibility index (Phi) is 5.28. The summed E-state index contributed by atoms with van der Waals surface area (Å²) >= 11 is 0. The number of aliphatic hydroxyl groups is 1. The van der Waals surface area contributed by atoms with Crippen LogP contribution in [0.1, 0.15) is 12.0 Å². The van der Waals surface area contributed by atoms with Crippen molar-refractivity contribution in [1.29, 1.82) is 0 Å². The van der Waals surface area contributed by atoms with Crippen molar-refractivity contribution >= 4 is 12.0 Å². The zero-order chi connectivity index (χ0) is 17.0. The van der Waals surface area contributed by atoms with E-state index in [2.05, 4.69) is 4.90 Å². The zero-order valence-corrected chi connectivity index (χ0v) is 13.7. The predicted molar refractivity (Wildman–Crippen MR) is 88.8 cm³/mol. The number of amides is 1. The molecule has 6 heteroatoms. The highest BCUT2D eigenvalue weighted by Crippen LogP contribution is 2.23. The Morgan fingerprint density at radius 3 is 2.79 bits per heavy atom. The van der Waals surface area contributed by atoms with Crippen LogP contribution in [0, 0.1) is 5.82 Å². The van der Waals surface area contributed by atoms with Crippen molar-refractivity contribution in [1.82, 2.24) is 9.80 Å². The third-order valence-corrected chi connectivity index (χ3v) is 4.58. The van der Waals surface area contributed by atoms with E-state index in [1.165, 1.54) is 18.2 Å². The van der Waals surface area contributed by atoms with E-state index in [9.17, 15) is 14.3 Å². The van der Waals surface area contributed by atoms with Crippen molar-refractivity contribution in [3.63, 3.8) is 0 Å². The highest BCUT2D eigenvalue weighted by Gasteiger charge is 2.39. The van der Waals surface area contributed by atoms with Gasteiger partial charge in [-0.25, -0.2) is 4.39 Å². The fourth-order valence-electron chi connectivity index (χ4n) is 3.23. The Labute approximate surface area is 141 Å². The Bertz CT molecular complexity index is 616. The molecule has 2 saturated heterocycles. The third kappa shape index (κ3) is 4.20. The van der Waals surface area contributed by atoms with Crippen molar-refractivity contribution in [3.8, 4) is 0 Å². The molecule has 0 unspecified atom stereocenters. The normalized spacial score (nSPS) is 25.5. The first-order chi connectivity index (χ1) is 11.6. The minimum atomic E-state index is -0.876. The maximum atomic E-state index is 13.6. The molecule has 1 aromatic rings. The number of benzene rings is 1. The van der Waals surface area contributed by atoms with Gasteiger partial charge in [0.1, 0.15) is 5.82 Å². The lowest BCUT2D eigenvalue weighted by Gasteiger charge is -2.33. The Morgan fingerprint density at radius 1 is 1.29 bits per heavy atom. The second-order valence-corrected chi connectivity index (χ2v) is 6.48. The van der Waals surface area contributed by atoms with Crippen LogP contribution in [0.2, 0.25) is 0 Å². The van der Waals surface area contributed by atoms with Gasteiger partial charge in [0, 0.05) is 37.8 Å². The molecule has 0 bridgehead atoms. The SMILES string of the molecule is O=C(/C=C/c1ccccc1F)N1CC[C@@](O)(CN2CCOCC2)C1. The van der Waals surface area contributed by atoms with Gasteiger partial charge in [-0.1, -0.05) is 18.2 Å². The summed E-state index contributed by atoms with van der Waals surface area (Å²) in [6, 6.07) is 6.32. The number of ether oxygens (including phenoxy) is 1. The maximum absolute atomic E-state index is 13.6. The van der Waals surface area contributed by atoms with E-state index >= 15 is 0 Å². The van der Waals surface area contributed by atoms with Crippen LogP contribution in [-0.2, 0) is 9.53 Å². The molecule has 1 aromatic carbocycles. The lowest BCUT2D eigenvalue weighted by atomic mass is 10.0. The second-order valence-electron chi connectivity index (χ2n) is 6.48. The van der Waals surface area contributed by atoms with E-state index in [1.807, 2.05) is 0 Å². The molecule has 1 atom stereocenters. The quantitative estimate of drug-likeness (QED) is 0.839. The molecule has 3 rings (SSSR count). The van der Waals surface area contributed by atoms with Crippen LogP contribution in [0.5, 0.6) is 0 Å². The Hall–Kier alpha value is -1.76. The monoisotopic (exact) mass is 334 g/mol. The van der Waals surface area contributed by atoms with E-state index < -0.39 is 5.60 Å². The number of likely N-dealkylation sites (tertiary alicyclic amines) is 1. The first kappa shape index (κ1) is 17.1. The van der Waals surface area contributed by atoms with Crippen molar-refractivity contribution in [2.24, 2.45) is 0 Å². The van der Waals surface area contributed by atoms with Gasteiger partial charge in [0.15, 0.2) is 0 Å². The van der Waals surface area contributed by atoms with Gasteiger partial charge in [-0.3, -0.25) is 9.69 Å². The summed E-state index contributed by atoms with van der Waals surface area (Å²) in [5.41, 5.74) is -0.493. The smallest absolute Gasteiger partial charge is 0.246 e. The van der Waals surface area contributed by atoms with Crippen molar-refractivity contribution in [2.45, 2.75) is 12.0 Å². The Morgan fingerprint density at radius 2 is 2.04 bits per heavy atom. The van der Waals surface area contributed by atoms with Crippen LogP contribution < -0.4 is 0 Å². The van der Waals surface area contributed by atoms with Gasteiger partial charge in [0.05, 0.1) is 25.4 Å². The van der Waals surface area contributed by atoms with Gasteiger partial charge in [-0.05, 0) is 18.6 Å². The van der Waals surface area contributed by atoms with E-state index in [1.54, 1.807) is 23.1 Å². The number of halogens is 1. The summed E-state index contributed by atoms with van der Waals surface area (Å²) in [5, 5.41) is 10.7. The van der Waals surface area contributed by atoms with Crippen LogP contribution >= 0.6 is 0 Å². The standard InChI is InChI=1S/C18H23FN2O3/c19-16-4-2-1-3-15(16)5-6-17(22)21-8-7-18(23,14-21)13-20-9-11-24-12-10-20/h1-6,23H,7-14H2/b6-5+/t18-/m1/s1. The maximum Gasteiger partial charge on any atom is 0.246 e. The van der Waals surface area contributed by atoms with Gasteiger partial charge >= 0.3 is 0 Å².